The summed E-state index contributed by atoms with van der Waals surface area (Å²) in [7, 11) is 4.07. The third-order valence-electron chi connectivity index (χ3n) is 3.92. The van der Waals surface area contributed by atoms with Crippen LogP contribution in [0.25, 0.3) is 0 Å². The van der Waals surface area contributed by atoms with Gasteiger partial charge in [-0.2, -0.15) is 0 Å². The van der Waals surface area contributed by atoms with Crippen LogP contribution in [0, 0.1) is 5.41 Å². The molecule has 0 saturated heterocycles. The van der Waals surface area contributed by atoms with Crippen molar-refractivity contribution in [2.75, 3.05) is 14.2 Å². The van der Waals surface area contributed by atoms with Crippen molar-refractivity contribution in [3.63, 3.8) is 0 Å². The highest BCUT2D eigenvalue weighted by atomic mass is 28.2. The number of hydrogen-bond donors (Lipinski definition) is 0. The topological polar surface area (TPSA) is 27.7 Å². The first-order chi connectivity index (χ1) is 7.35. The number of allylic oxidation sites excluding steroid dienone is 1. The number of hydrogen-bond acceptors (Lipinski definition) is 3. The molecule has 16 heavy (non-hydrogen) atoms. The molecule has 0 saturated carbocycles. The molecule has 1 rings (SSSR count). The Hall–Kier alpha value is -0.743. The molecule has 0 aromatic carbocycles. The predicted octanol–water partition coefficient (Wildman–Crippen LogP) is 1.53. The van der Waals surface area contributed by atoms with E-state index in [1.165, 1.54) is 0 Å². The van der Waals surface area contributed by atoms with Crippen LogP contribution in [0.3, 0.4) is 0 Å². The molecular formula is C12H22O3Si. The Balaban J connectivity index is 3.40. The van der Waals surface area contributed by atoms with Gasteiger partial charge in [-0.05, 0) is 39.3 Å². The molecule has 0 N–H and O–H groups in total. The van der Waals surface area contributed by atoms with Gasteiger partial charge in [0.25, 0.3) is 0 Å². The first-order valence-corrected chi connectivity index (χ1v) is 6.23. The number of ether oxygens (including phenoxy) is 2. The van der Waals surface area contributed by atoms with Crippen LogP contribution in [0.4, 0.5) is 0 Å². The second kappa shape index (κ2) is 4.26. The summed E-state index contributed by atoms with van der Waals surface area (Å²) in [6, 6.07) is 0. The van der Waals surface area contributed by atoms with Crippen molar-refractivity contribution in [2.24, 2.45) is 5.41 Å². The minimum atomic E-state index is -0.359. The smallest absolute Gasteiger partial charge is 0.204 e. The lowest BCUT2D eigenvalue weighted by atomic mass is 9.67. The molecule has 92 valence electrons. The van der Waals surface area contributed by atoms with Crippen molar-refractivity contribution in [3.05, 3.63) is 23.2 Å². The Morgan fingerprint density at radius 2 is 1.75 bits per heavy atom. The summed E-state index contributed by atoms with van der Waals surface area (Å²) in [6.45, 7) is 8.39. The molecule has 0 amide bonds. The highest BCUT2D eigenvalue weighted by Gasteiger charge is 2.50. The fraction of sp³-hybridized carbons (Fsp3) is 0.667. The van der Waals surface area contributed by atoms with Crippen molar-refractivity contribution >= 4 is 10.5 Å². The molecule has 4 heteroatoms. The van der Waals surface area contributed by atoms with Gasteiger partial charge in [-0.3, -0.25) is 0 Å². The van der Waals surface area contributed by atoms with E-state index in [-0.39, 0.29) is 11.0 Å². The van der Waals surface area contributed by atoms with Gasteiger partial charge < -0.3 is 13.9 Å². The summed E-state index contributed by atoms with van der Waals surface area (Å²) in [5.41, 5.74) is 0.559. The summed E-state index contributed by atoms with van der Waals surface area (Å²) < 4.78 is 16.7. The van der Waals surface area contributed by atoms with Gasteiger partial charge in [-0.1, -0.05) is 0 Å². The number of rotatable bonds is 3. The third kappa shape index (κ3) is 1.60. The minimum Gasteiger partial charge on any atom is -0.551 e. The molecule has 1 aliphatic carbocycles. The molecule has 0 heterocycles. The van der Waals surface area contributed by atoms with Gasteiger partial charge in [0.2, 0.25) is 10.5 Å². The van der Waals surface area contributed by atoms with Crippen LogP contribution in [0.1, 0.15) is 27.7 Å². The maximum Gasteiger partial charge on any atom is 0.204 e. The van der Waals surface area contributed by atoms with Gasteiger partial charge in [0.1, 0.15) is 11.5 Å². The lowest BCUT2D eigenvalue weighted by Crippen LogP contribution is -2.48. The molecule has 3 nitrogen and oxygen atoms in total. The van der Waals surface area contributed by atoms with E-state index < -0.39 is 0 Å². The molecule has 0 bridgehead atoms. The third-order valence-corrected chi connectivity index (χ3v) is 4.36. The van der Waals surface area contributed by atoms with Gasteiger partial charge in [0.05, 0.1) is 18.1 Å². The normalized spacial score (nSPS) is 29.0. The van der Waals surface area contributed by atoms with Crippen molar-refractivity contribution < 1.29 is 13.9 Å². The molecule has 0 spiro atoms. The van der Waals surface area contributed by atoms with E-state index in [0.29, 0.717) is 10.5 Å². The zero-order valence-corrected chi connectivity index (χ0v) is 13.3. The van der Waals surface area contributed by atoms with Gasteiger partial charge in [-0.25, -0.2) is 0 Å². The molecule has 0 aromatic heterocycles. The molecule has 0 aliphatic heterocycles. The number of methoxy groups -OCH3 is 2. The summed E-state index contributed by atoms with van der Waals surface area (Å²) >= 11 is 0. The van der Waals surface area contributed by atoms with E-state index in [1.54, 1.807) is 14.2 Å². The zero-order valence-electron chi connectivity index (χ0n) is 11.3. The zero-order chi connectivity index (χ0) is 12.6. The van der Waals surface area contributed by atoms with Crippen LogP contribution in [-0.4, -0.2) is 30.3 Å². The molecule has 1 aliphatic rings. The van der Waals surface area contributed by atoms with Gasteiger partial charge in [0, 0.05) is 7.11 Å². The SMILES string of the molecule is COC1=C(O[SiH3])C=C(C)C(C)(OC)C1(C)C. The summed E-state index contributed by atoms with van der Waals surface area (Å²) in [5.74, 6) is 1.70. The van der Waals surface area contributed by atoms with E-state index in [1.807, 2.05) is 6.08 Å². The Kier molecular flexibility index (Phi) is 3.55. The van der Waals surface area contributed by atoms with Crippen LogP contribution in [0.15, 0.2) is 23.2 Å². The van der Waals surface area contributed by atoms with Crippen LogP contribution >= 0.6 is 0 Å². The van der Waals surface area contributed by atoms with Crippen molar-refractivity contribution in [2.45, 2.75) is 33.3 Å². The molecule has 0 fully saturated rings. The minimum absolute atomic E-state index is 0.241. The first kappa shape index (κ1) is 13.3. The van der Waals surface area contributed by atoms with Crippen molar-refractivity contribution in [1.82, 2.24) is 0 Å². The first-order valence-electron chi connectivity index (χ1n) is 5.41. The molecule has 0 radical (unpaired) electrons. The lowest BCUT2D eigenvalue weighted by Gasteiger charge is -2.47. The monoisotopic (exact) mass is 242 g/mol. The fourth-order valence-electron chi connectivity index (χ4n) is 2.34. The highest BCUT2D eigenvalue weighted by Crippen LogP contribution is 2.49. The van der Waals surface area contributed by atoms with E-state index in [9.17, 15) is 0 Å². The maximum atomic E-state index is 5.70. The van der Waals surface area contributed by atoms with Crippen molar-refractivity contribution in [1.29, 1.82) is 0 Å². The van der Waals surface area contributed by atoms with Gasteiger partial charge in [-0.15, -0.1) is 0 Å². The predicted molar refractivity (Wildman–Crippen MR) is 68.0 cm³/mol. The largest absolute Gasteiger partial charge is 0.551 e. The quantitative estimate of drug-likeness (QED) is 0.703. The lowest BCUT2D eigenvalue weighted by molar-refractivity contribution is -0.0641. The molecule has 1 unspecified atom stereocenters. The second-order valence-electron chi connectivity index (χ2n) is 4.79. The molecule has 1 atom stereocenters. The van der Waals surface area contributed by atoms with E-state index in [2.05, 4.69) is 27.7 Å². The molecular weight excluding hydrogens is 220 g/mol. The second-order valence-corrected chi connectivity index (χ2v) is 5.20. The van der Waals surface area contributed by atoms with Crippen molar-refractivity contribution in [3.8, 4) is 0 Å². The summed E-state index contributed by atoms with van der Waals surface area (Å²) in [6.07, 6.45) is 2.01. The standard InChI is InChI=1S/C12H22O3Si/c1-8-7-9(15-16)10(13-5)11(2,3)12(8,4)14-6/h7H,1-6,16H3. The average Bonchev–Trinajstić information content (AvgIpc) is 2.25. The average molecular weight is 242 g/mol. The fourth-order valence-corrected chi connectivity index (χ4v) is 2.64. The van der Waals surface area contributed by atoms with Crippen LogP contribution < -0.4 is 0 Å². The maximum absolute atomic E-state index is 5.70. The van der Waals surface area contributed by atoms with Crippen LogP contribution in [0.2, 0.25) is 0 Å². The Bertz CT molecular complexity index is 344. The van der Waals surface area contributed by atoms with E-state index in [4.69, 9.17) is 13.9 Å². The van der Waals surface area contributed by atoms with Gasteiger partial charge >= 0.3 is 0 Å². The van der Waals surface area contributed by atoms with Gasteiger partial charge in [0.15, 0.2) is 0 Å². The Morgan fingerprint density at radius 1 is 1.19 bits per heavy atom. The summed E-state index contributed by atoms with van der Waals surface area (Å²) in [5, 5.41) is 0. The summed E-state index contributed by atoms with van der Waals surface area (Å²) in [4.78, 5) is 0. The van der Waals surface area contributed by atoms with E-state index >= 15 is 0 Å². The molecule has 0 aromatic rings. The van der Waals surface area contributed by atoms with Crippen LogP contribution in [-0.2, 0) is 13.9 Å². The Morgan fingerprint density at radius 3 is 2.12 bits per heavy atom. The van der Waals surface area contributed by atoms with E-state index in [0.717, 1.165) is 17.1 Å². The Labute approximate surface area is 101 Å². The highest BCUT2D eigenvalue weighted by molar-refractivity contribution is 5.99. The van der Waals surface area contributed by atoms with Crippen LogP contribution in [0.5, 0.6) is 0 Å².